The topological polar surface area (TPSA) is 55.1 Å². The zero-order chi connectivity index (χ0) is 4.12. The van der Waals surface area contributed by atoms with Gasteiger partial charge in [0.15, 0.2) is 0 Å². The standard InChI is InChI=1S/CH5N2OP/c2-3-1-5-4/h3H,1-2H2/p+1. The number of nitrogens with one attached hydrogen (secondary N) is 1. The van der Waals surface area contributed by atoms with Crippen LogP contribution in [-0.4, -0.2) is 6.29 Å². The van der Waals surface area contributed by atoms with E-state index in [1.807, 2.05) is 0 Å². The third-order valence-corrected chi connectivity index (χ3v) is 0.523. The van der Waals surface area contributed by atoms with E-state index < -0.39 is 0 Å². The van der Waals surface area contributed by atoms with Gasteiger partial charge in [0.1, 0.15) is 0 Å². The Morgan fingerprint density at radius 1 is 2.00 bits per heavy atom. The second kappa shape index (κ2) is 4.02. The summed E-state index contributed by atoms with van der Waals surface area (Å²) in [6.45, 7) is 0. The molecule has 1 unspecified atom stereocenters. The van der Waals surface area contributed by atoms with Crippen LogP contribution in [-0.2, 0) is 4.57 Å². The van der Waals surface area contributed by atoms with Gasteiger partial charge in [-0.25, -0.2) is 5.43 Å². The Kier molecular flexibility index (Phi) is 4.04. The highest BCUT2D eigenvalue weighted by Gasteiger charge is 1.76. The van der Waals surface area contributed by atoms with Crippen LogP contribution in [0.1, 0.15) is 0 Å². The molecule has 0 bridgehead atoms. The fourth-order valence-electron chi connectivity index (χ4n) is 0.0417. The van der Waals surface area contributed by atoms with Crippen molar-refractivity contribution in [3.05, 3.63) is 0 Å². The van der Waals surface area contributed by atoms with Crippen LogP contribution in [0.5, 0.6) is 0 Å². The Balaban J connectivity index is 2.40. The van der Waals surface area contributed by atoms with Crippen molar-refractivity contribution >= 4 is 8.46 Å². The highest BCUT2D eigenvalue weighted by molar-refractivity contribution is 7.23. The van der Waals surface area contributed by atoms with Gasteiger partial charge in [0, 0.05) is 0 Å². The Bertz CT molecular complexity index is 30.8. The molecule has 5 heavy (non-hydrogen) atoms. The molecule has 0 aliphatic rings. The molecule has 0 saturated carbocycles. The van der Waals surface area contributed by atoms with Crippen molar-refractivity contribution < 1.29 is 4.57 Å². The van der Waals surface area contributed by atoms with Gasteiger partial charge >= 0.3 is 8.46 Å². The molecular weight excluding hydrogens is 87.0 g/mol. The Morgan fingerprint density at radius 3 is 2.60 bits per heavy atom. The molecule has 3 nitrogen and oxygen atoms in total. The first-order valence-corrected chi connectivity index (χ1v) is 2.32. The van der Waals surface area contributed by atoms with Gasteiger partial charge in [0.05, 0.1) is 0 Å². The molecule has 0 fully saturated rings. The number of nitrogens with two attached hydrogens (primary N) is 1. The normalized spacial score (nSPS) is 9.00. The molecule has 4 heteroatoms. The summed E-state index contributed by atoms with van der Waals surface area (Å²) in [7, 11) is -0.328. The van der Waals surface area contributed by atoms with Gasteiger partial charge in [0.2, 0.25) is 6.29 Å². The number of hydrazine groups is 1. The third-order valence-electron chi connectivity index (χ3n) is 0.174. The van der Waals surface area contributed by atoms with Crippen molar-refractivity contribution in [3.63, 3.8) is 0 Å². The van der Waals surface area contributed by atoms with Gasteiger partial charge in [-0.2, -0.15) is 0 Å². The maximum Gasteiger partial charge on any atom is 0.341 e. The van der Waals surface area contributed by atoms with E-state index in [9.17, 15) is 4.57 Å². The van der Waals surface area contributed by atoms with E-state index in [0.717, 1.165) is 0 Å². The molecule has 0 rings (SSSR count). The van der Waals surface area contributed by atoms with E-state index >= 15 is 0 Å². The molecule has 3 N–H and O–H groups in total. The molecule has 0 aromatic carbocycles. The maximum absolute atomic E-state index is 9.42. The first-order valence-electron chi connectivity index (χ1n) is 1.20. The van der Waals surface area contributed by atoms with E-state index in [1.54, 1.807) is 0 Å². The van der Waals surface area contributed by atoms with Crippen molar-refractivity contribution in [2.24, 2.45) is 5.84 Å². The monoisotopic (exact) mass is 93.0 g/mol. The first-order chi connectivity index (χ1) is 2.41. The Labute approximate surface area is 31.7 Å². The lowest BCUT2D eigenvalue weighted by Crippen LogP contribution is -2.18. The van der Waals surface area contributed by atoms with Crippen LogP contribution in [0, 0.1) is 0 Å². The van der Waals surface area contributed by atoms with Crippen molar-refractivity contribution in [2.75, 3.05) is 6.29 Å². The van der Waals surface area contributed by atoms with Crippen LogP contribution in [0.25, 0.3) is 0 Å². The van der Waals surface area contributed by atoms with E-state index in [-0.39, 0.29) is 8.46 Å². The van der Waals surface area contributed by atoms with Gasteiger partial charge in [-0.15, -0.1) is 0 Å². The summed E-state index contributed by atoms with van der Waals surface area (Å²) in [5.41, 5.74) is 2.22. The molecule has 0 aliphatic carbocycles. The summed E-state index contributed by atoms with van der Waals surface area (Å²) in [5.74, 6) is 4.70. The zero-order valence-corrected chi connectivity index (χ0v) is 3.69. The quantitative estimate of drug-likeness (QED) is 0.273. The highest BCUT2D eigenvalue weighted by Crippen LogP contribution is 1.78. The lowest BCUT2D eigenvalue weighted by molar-refractivity contribution is 0.595. The predicted molar refractivity (Wildman–Crippen MR) is 21.2 cm³/mol. The molecule has 0 aromatic rings. The van der Waals surface area contributed by atoms with Crippen molar-refractivity contribution in [2.45, 2.75) is 0 Å². The van der Waals surface area contributed by atoms with Gasteiger partial charge in [-0.3, -0.25) is 5.84 Å². The van der Waals surface area contributed by atoms with Crippen LogP contribution in [0.3, 0.4) is 0 Å². The molecule has 0 aromatic heterocycles. The number of hydrogen-bond acceptors (Lipinski definition) is 3. The van der Waals surface area contributed by atoms with E-state index in [0.29, 0.717) is 6.29 Å². The highest BCUT2D eigenvalue weighted by atomic mass is 31.1. The molecule has 1 atom stereocenters. The van der Waals surface area contributed by atoms with E-state index in [1.165, 1.54) is 0 Å². The summed E-state index contributed by atoms with van der Waals surface area (Å²) in [4.78, 5) is 0. The van der Waals surface area contributed by atoms with Crippen LogP contribution < -0.4 is 11.3 Å². The van der Waals surface area contributed by atoms with E-state index in [4.69, 9.17) is 5.84 Å². The van der Waals surface area contributed by atoms with Crippen molar-refractivity contribution in [1.29, 1.82) is 0 Å². The zero-order valence-electron chi connectivity index (χ0n) is 2.69. The summed E-state index contributed by atoms with van der Waals surface area (Å²) in [5, 5.41) is 0. The minimum absolute atomic E-state index is 0.328. The molecular formula is CH6N2OP+. The summed E-state index contributed by atoms with van der Waals surface area (Å²) in [6, 6.07) is 0. The van der Waals surface area contributed by atoms with Gasteiger partial charge < -0.3 is 0 Å². The molecule has 0 radical (unpaired) electrons. The van der Waals surface area contributed by atoms with Crippen molar-refractivity contribution in [3.8, 4) is 0 Å². The Morgan fingerprint density at radius 2 is 2.60 bits per heavy atom. The fraction of sp³-hybridized carbons (Fsp3) is 1.00. The number of rotatable bonds is 2. The van der Waals surface area contributed by atoms with Crippen molar-refractivity contribution in [1.82, 2.24) is 5.43 Å². The van der Waals surface area contributed by atoms with Gasteiger partial charge in [-0.1, -0.05) is 4.57 Å². The maximum atomic E-state index is 9.42. The Hall–Kier alpha value is 0.0200. The summed E-state index contributed by atoms with van der Waals surface area (Å²) in [6.07, 6.45) is 0.389. The average molecular weight is 93.0 g/mol. The lowest BCUT2D eigenvalue weighted by Gasteiger charge is -1.69. The SMILES string of the molecule is NNC[PH+]=O. The molecule has 30 valence electrons. The predicted octanol–water partition coefficient (Wildman–Crippen LogP) is -0.569. The van der Waals surface area contributed by atoms with E-state index in [2.05, 4.69) is 5.43 Å². The van der Waals surface area contributed by atoms with Crippen LogP contribution in [0.2, 0.25) is 0 Å². The van der Waals surface area contributed by atoms with Crippen LogP contribution in [0.15, 0.2) is 0 Å². The van der Waals surface area contributed by atoms with Gasteiger partial charge in [-0.05, 0) is 0 Å². The van der Waals surface area contributed by atoms with Gasteiger partial charge in [0.25, 0.3) is 0 Å². The molecule has 0 aliphatic heterocycles. The second-order valence-corrected chi connectivity index (χ2v) is 1.17. The summed E-state index contributed by atoms with van der Waals surface area (Å²) < 4.78 is 9.42. The lowest BCUT2D eigenvalue weighted by atomic mass is 11.5. The minimum Gasteiger partial charge on any atom is -0.268 e. The average Bonchev–Trinajstić information content (AvgIpc) is 1.41. The molecule has 0 heterocycles. The van der Waals surface area contributed by atoms with Crippen LogP contribution >= 0.6 is 8.46 Å². The van der Waals surface area contributed by atoms with Crippen LogP contribution in [0.4, 0.5) is 0 Å². The largest absolute Gasteiger partial charge is 0.341 e. The number of hydrogen-bond donors (Lipinski definition) is 2. The molecule has 0 amide bonds. The summed E-state index contributed by atoms with van der Waals surface area (Å²) >= 11 is 0. The first kappa shape index (κ1) is 5.02. The molecule has 0 saturated heterocycles. The fourth-order valence-corrected chi connectivity index (χ4v) is 0.125. The third kappa shape index (κ3) is 4.02. The molecule has 0 spiro atoms. The smallest absolute Gasteiger partial charge is 0.268 e. The second-order valence-electron chi connectivity index (χ2n) is 0.525. The minimum atomic E-state index is -0.328.